The van der Waals surface area contributed by atoms with Crippen molar-refractivity contribution in [3.63, 3.8) is 0 Å². The maximum absolute atomic E-state index is 11.3. The summed E-state index contributed by atoms with van der Waals surface area (Å²) < 4.78 is 4.73. The third kappa shape index (κ3) is 4.39. The SMILES string of the molecule is CC(OC(=O)/C=C/c1ccc(Cl)c(Cl)c1)C(N)=O. The van der Waals surface area contributed by atoms with Crippen molar-refractivity contribution in [3.05, 3.63) is 39.9 Å². The first kappa shape index (κ1) is 14.5. The second kappa shape index (κ2) is 6.42. The van der Waals surface area contributed by atoms with Crippen LogP contribution in [0.1, 0.15) is 12.5 Å². The largest absolute Gasteiger partial charge is 0.449 e. The van der Waals surface area contributed by atoms with Gasteiger partial charge < -0.3 is 10.5 Å². The predicted octanol–water partition coefficient (Wildman–Crippen LogP) is 2.42. The van der Waals surface area contributed by atoms with Crippen LogP contribution in [0.25, 0.3) is 6.08 Å². The van der Waals surface area contributed by atoms with Crippen LogP contribution in [0, 0.1) is 0 Å². The number of hydrogen-bond acceptors (Lipinski definition) is 3. The molecule has 18 heavy (non-hydrogen) atoms. The Morgan fingerprint density at radius 3 is 2.56 bits per heavy atom. The summed E-state index contributed by atoms with van der Waals surface area (Å²) in [7, 11) is 0. The molecule has 0 aliphatic carbocycles. The lowest BCUT2D eigenvalue weighted by molar-refractivity contribution is -0.148. The Labute approximate surface area is 114 Å². The van der Waals surface area contributed by atoms with Crippen molar-refractivity contribution in [1.82, 2.24) is 0 Å². The highest BCUT2D eigenvalue weighted by atomic mass is 35.5. The van der Waals surface area contributed by atoms with Crippen LogP contribution in [0.15, 0.2) is 24.3 Å². The number of primary amides is 1. The fourth-order valence-electron chi connectivity index (χ4n) is 1.05. The highest BCUT2D eigenvalue weighted by Crippen LogP contribution is 2.23. The Morgan fingerprint density at radius 1 is 1.33 bits per heavy atom. The minimum atomic E-state index is -0.962. The number of halogens is 2. The molecule has 96 valence electrons. The van der Waals surface area contributed by atoms with E-state index in [-0.39, 0.29) is 0 Å². The first-order valence-corrected chi connectivity index (χ1v) is 5.79. The number of benzene rings is 1. The minimum absolute atomic E-state index is 0.387. The molecule has 4 nitrogen and oxygen atoms in total. The molecular weight excluding hydrogens is 277 g/mol. The Hall–Kier alpha value is -1.52. The number of rotatable bonds is 4. The Balaban J connectivity index is 2.66. The van der Waals surface area contributed by atoms with Crippen LogP contribution in [0.5, 0.6) is 0 Å². The normalized spacial score (nSPS) is 12.4. The Morgan fingerprint density at radius 2 is 2.00 bits per heavy atom. The standard InChI is InChI=1S/C12H11Cl2NO3/c1-7(12(15)17)18-11(16)5-3-8-2-4-9(13)10(14)6-8/h2-7H,1H3,(H2,15,17)/b5-3+. The topological polar surface area (TPSA) is 69.4 Å². The molecule has 6 heteroatoms. The highest BCUT2D eigenvalue weighted by molar-refractivity contribution is 6.42. The fraction of sp³-hybridized carbons (Fsp3) is 0.167. The lowest BCUT2D eigenvalue weighted by Crippen LogP contribution is -2.29. The summed E-state index contributed by atoms with van der Waals surface area (Å²) in [4.78, 5) is 22.0. The van der Waals surface area contributed by atoms with Crippen molar-refractivity contribution in [1.29, 1.82) is 0 Å². The van der Waals surface area contributed by atoms with Crippen LogP contribution in [0.3, 0.4) is 0 Å². The van der Waals surface area contributed by atoms with Crippen molar-refractivity contribution in [3.8, 4) is 0 Å². The summed E-state index contributed by atoms with van der Waals surface area (Å²) >= 11 is 11.6. The molecule has 1 unspecified atom stereocenters. The van der Waals surface area contributed by atoms with Crippen LogP contribution < -0.4 is 5.73 Å². The first-order valence-electron chi connectivity index (χ1n) is 5.03. The van der Waals surface area contributed by atoms with Crippen LogP contribution in [-0.4, -0.2) is 18.0 Å². The van der Waals surface area contributed by atoms with Gasteiger partial charge in [-0.2, -0.15) is 0 Å². The van der Waals surface area contributed by atoms with Crippen molar-refractivity contribution >= 4 is 41.2 Å². The number of carbonyl (C=O) groups excluding carboxylic acids is 2. The number of carbonyl (C=O) groups is 2. The van der Waals surface area contributed by atoms with Gasteiger partial charge in [0, 0.05) is 6.08 Å². The first-order chi connectivity index (χ1) is 8.40. The average molecular weight is 288 g/mol. The maximum atomic E-state index is 11.3. The Bertz CT molecular complexity index is 500. The smallest absolute Gasteiger partial charge is 0.331 e. The molecule has 0 fully saturated rings. The van der Waals surface area contributed by atoms with Gasteiger partial charge in [0.2, 0.25) is 0 Å². The van der Waals surface area contributed by atoms with Crippen LogP contribution >= 0.6 is 23.2 Å². The number of nitrogens with two attached hydrogens (primary N) is 1. The number of amides is 1. The number of esters is 1. The molecule has 0 bridgehead atoms. The van der Waals surface area contributed by atoms with Crippen molar-refractivity contribution in [2.24, 2.45) is 5.73 Å². The summed E-state index contributed by atoms with van der Waals surface area (Å²) in [5.74, 6) is -1.36. The van der Waals surface area contributed by atoms with Gasteiger partial charge in [-0.3, -0.25) is 4.79 Å². The van der Waals surface area contributed by atoms with Gasteiger partial charge in [-0.05, 0) is 30.7 Å². The van der Waals surface area contributed by atoms with Crippen LogP contribution in [-0.2, 0) is 14.3 Å². The van der Waals surface area contributed by atoms with Gasteiger partial charge in [0.25, 0.3) is 5.91 Å². The molecule has 0 saturated carbocycles. The monoisotopic (exact) mass is 287 g/mol. The fourth-order valence-corrected chi connectivity index (χ4v) is 1.36. The molecule has 1 amide bonds. The zero-order chi connectivity index (χ0) is 13.7. The molecule has 0 aromatic heterocycles. The van der Waals surface area contributed by atoms with Gasteiger partial charge in [-0.25, -0.2) is 4.79 Å². The van der Waals surface area contributed by atoms with Gasteiger partial charge in [0.05, 0.1) is 10.0 Å². The van der Waals surface area contributed by atoms with E-state index in [1.165, 1.54) is 19.1 Å². The quantitative estimate of drug-likeness (QED) is 0.683. The molecule has 1 rings (SSSR count). The second-order valence-corrected chi connectivity index (χ2v) is 4.30. The van der Waals surface area contributed by atoms with E-state index in [4.69, 9.17) is 33.7 Å². The van der Waals surface area contributed by atoms with Gasteiger partial charge in [-0.15, -0.1) is 0 Å². The van der Waals surface area contributed by atoms with E-state index in [0.717, 1.165) is 0 Å². The summed E-state index contributed by atoms with van der Waals surface area (Å²) in [6, 6.07) is 4.90. The predicted molar refractivity (Wildman–Crippen MR) is 70.2 cm³/mol. The van der Waals surface area contributed by atoms with E-state index in [1.54, 1.807) is 18.2 Å². The van der Waals surface area contributed by atoms with E-state index in [2.05, 4.69) is 0 Å². The van der Waals surface area contributed by atoms with E-state index < -0.39 is 18.0 Å². The summed E-state index contributed by atoms with van der Waals surface area (Å²) in [6.07, 6.45) is 1.72. The highest BCUT2D eigenvalue weighted by Gasteiger charge is 2.11. The van der Waals surface area contributed by atoms with Crippen LogP contribution in [0.2, 0.25) is 10.0 Å². The van der Waals surface area contributed by atoms with E-state index in [1.807, 2.05) is 0 Å². The third-order valence-electron chi connectivity index (χ3n) is 2.05. The van der Waals surface area contributed by atoms with Gasteiger partial charge >= 0.3 is 5.97 Å². The zero-order valence-electron chi connectivity index (χ0n) is 9.52. The minimum Gasteiger partial charge on any atom is -0.449 e. The van der Waals surface area contributed by atoms with Crippen molar-refractivity contribution < 1.29 is 14.3 Å². The molecule has 0 saturated heterocycles. The summed E-state index contributed by atoms with van der Waals surface area (Å²) in [6.45, 7) is 1.40. The average Bonchev–Trinajstić information content (AvgIpc) is 2.30. The molecule has 1 atom stereocenters. The number of ether oxygens (including phenoxy) is 1. The lowest BCUT2D eigenvalue weighted by atomic mass is 10.2. The van der Waals surface area contributed by atoms with E-state index >= 15 is 0 Å². The van der Waals surface area contributed by atoms with Gasteiger partial charge in [-0.1, -0.05) is 29.3 Å². The molecule has 1 aromatic rings. The Kier molecular flexibility index (Phi) is 5.19. The molecule has 2 N–H and O–H groups in total. The number of hydrogen-bond donors (Lipinski definition) is 1. The summed E-state index contributed by atoms with van der Waals surface area (Å²) in [5, 5.41) is 0.816. The van der Waals surface area contributed by atoms with E-state index in [0.29, 0.717) is 15.6 Å². The molecule has 0 aliphatic rings. The third-order valence-corrected chi connectivity index (χ3v) is 2.79. The molecule has 0 radical (unpaired) electrons. The molecule has 0 heterocycles. The lowest BCUT2D eigenvalue weighted by Gasteiger charge is -2.06. The second-order valence-electron chi connectivity index (χ2n) is 3.49. The zero-order valence-corrected chi connectivity index (χ0v) is 11.0. The molecular formula is C12H11Cl2NO3. The van der Waals surface area contributed by atoms with Gasteiger partial charge in [0.15, 0.2) is 6.10 Å². The molecule has 0 spiro atoms. The van der Waals surface area contributed by atoms with Crippen molar-refractivity contribution in [2.45, 2.75) is 13.0 Å². The van der Waals surface area contributed by atoms with Crippen molar-refractivity contribution in [2.75, 3.05) is 0 Å². The molecule has 1 aromatic carbocycles. The van der Waals surface area contributed by atoms with E-state index in [9.17, 15) is 9.59 Å². The van der Waals surface area contributed by atoms with Gasteiger partial charge in [0.1, 0.15) is 0 Å². The van der Waals surface area contributed by atoms with Crippen LogP contribution in [0.4, 0.5) is 0 Å². The molecule has 0 aliphatic heterocycles. The maximum Gasteiger partial charge on any atom is 0.331 e. The summed E-state index contributed by atoms with van der Waals surface area (Å²) in [5.41, 5.74) is 5.64.